The van der Waals surface area contributed by atoms with E-state index in [0.717, 1.165) is 22.4 Å². The number of anilines is 1. The maximum Gasteiger partial charge on any atom is 0.251 e. The van der Waals surface area contributed by atoms with Crippen molar-refractivity contribution >= 4 is 34.2 Å². The van der Waals surface area contributed by atoms with Gasteiger partial charge in [-0.15, -0.1) is 11.3 Å². The summed E-state index contributed by atoms with van der Waals surface area (Å²) in [6, 6.07) is 15.1. The Bertz CT molecular complexity index is 1130. The van der Waals surface area contributed by atoms with Crippen molar-refractivity contribution in [3.05, 3.63) is 70.6 Å². The number of carbonyl (C=O) groups excluding carboxylic acids is 3. The number of thiazole rings is 1. The SMILES string of the molecule is CC(=O)NCc1ccc(-c2csc(NC(=O)CNC(=O)c3ccc(C(C)(C)C)cc3)n2)cc1. The number of nitrogens with one attached hydrogen (secondary N) is 3. The zero-order chi connectivity index (χ0) is 24.0. The Labute approximate surface area is 197 Å². The summed E-state index contributed by atoms with van der Waals surface area (Å²) in [6.45, 7) is 8.14. The number of nitrogens with zero attached hydrogens (tertiary/aromatic N) is 1. The molecule has 0 radical (unpaired) electrons. The van der Waals surface area contributed by atoms with Crippen LogP contribution in [0.1, 0.15) is 49.2 Å². The van der Waals surface area contributed by atoms with Gasteiger partial charge in [0.2, 0.25) is 11.8 Å². The number of benzene rings is 2. The summed E-state index contributed by atoms with van der Waals surface area (Å²) >= 11 is 1.31. The van der Waals surface area contributed by atoms with Gasteiger partial charge in [-0.2, -0.15) is 0 Å². The van der Waals surface area contributed by atoms with Crippen LogP contribution in [0, 0.1) is 0 Å². The number of rotatable bonds is 7. The molecule has 3 amide bonds. The summed E-state index contributed by atoms with van der Waals surface area (Å²) in [5.41, 5.74) is 4.29. The Hall–Kier alpha value is -3.52. The Morgan fingerprint density at radius 1 is 0.939 bits per heavy atom. The minimum Gasteiger partial charge on any atom is -0.352 e. The predicted molar refractivity (Wildman–Crippen MR) is 131 cm³/mol. The third-order valence-electron chi connectivity index (χ3n) is 4.96. The van der Waals surface area contributed by atoms with E-state index >= 15 is 0 Å². The van der Waals surface area contributed by atoms with Gasteiger partial charge < -0.3 is 16.0 Å². The standard InChI is InChI=1S/C25H28N4O3S/c1-16(30)26-13-17-5-7-18(8-6-17)21-15-33-24(28-21)29-22(31)14-27-23(32)19-9-11-20(12-10-19)25(2,3)4/h5-12,15H,13-14H2,1-4H3,(H,26,30)(H,27,32)(H,28,29,31). The first-order chi connectivity index (χ1) is 15.6. The predicted octanol–water partition coefficient (Wildman–Crippen LogP) is 4.11. The van der Waals surface area contributed by atoms with E-state index in [4.69, 9.17) is 0 Å². The lowest BCUT2D eigenvalue weighted by atomic mass is 9.87. The average molecular weight is 465 g/mol. The highest BCUT2D eigenvalue weighted by molar-refractivity contribution is 7.14. The first-order valence-corrected chi connectivity index (χ1v) is 11.5. The van der Waals surface area contributed by atoms with Crippen LogP contribution in [0.3, 0.4) is 0 Å². The molecule has 2 aromatic carbocycles. The zero-order valence-electron chi connectivity index (χ0n) is 19.2. The van der Waals surface area contributed by atoms with Crippen LogP contribution in [0.25, 0.3) is 11.3 Å². The van der Waals surface area contributed by atoms with E-state index in [1.807, 2.05) is 41.8 Å². The minimum atomic E-state index is -0.346. The molecule has 8 heteroatoms. The zero-order valence-corrected chi connectivity index (χ0v) is 20.0. The first kappa shape index (κ1) is 24.1. The summed E-state index contributed by atoms with van der Waals surface area (Å²) in [6.07, 6.45) is 0. The summed E-state index contributed by atoms with van der Waals surface area (Å²) < 4.78 is 0. The van der Waals surface area contributed by atoms with Crippen LogP contribution in [0.2, 0.25) is 0 Å². The van der Waals surface area contributed by atoms with Crippen LogP contribution in [-0.4, -0.2) is 29.3 Å². The normalized spacial score (nSPS) is 11.0. The van der Waals surface area contributed by atoms with Gasteiger partial charge in [0, 0.05) is 30.0 Å². The largest absolute Gasteiger partial charge is 0.352 e. The van der Waals surface area contributed by atoms with Crippen LogP contribution in [-0.2, 0) is 21.5 Å². The molecule has 0 saturated heterocycles. The molecule has 0 aliphatic carbocycles. The Morgan fingerprint density at radius 3 is 2.21 bits per heavy atom. The van der Waals surface area contributed by atoms with Crippen LogP contribution in [0.4, 0.5) is 5.13 Å². The third kappa shape index (κ3) is 6.98. The molecule has 0 aliphatic rings. The highest BCUT2D eigenvalue weighted by Gasteiger charge is 2.15. The van der Waals surface area contributed by atoms with Crippen molar-refractivity contribution in [3.63, 3.8) is 0 Å². The summed E-state index contributed by atoms with van der Waals surface area (Å²) in [4.78, 5) is 40.1. The molecule has 0 fully saturated rings. The number of hydrogen-bond donors (Lipinski definition) is 3. The highest BCUT2D eigenvalue weighted by atomic mass is 32.1. The topological polar surface area (TPSA) is 100 Å². The number of carbonyl (C=O) groups is 3. The quantitative estimate of drug-likeness (QED) is 0.490. The molecular weight excluding hydrogens is 436 g/mol. The lowest BCUT2D eigenvalue weighted by Gasteiger charge is -2.19. The fourth-order valence-corrected chi connectivity index (χ4v) is 3.77. The Morgan fingerprint density at radius 2 is 1.61 bits per heavy atom. The van der Waals surface area contributed by atoms with Crippen molar-refractivity contribution < 1.29 is 14.4 Å². The fourth-order valence-electron chi connectivity index (χ4n) is 3.03. The molecule has 0 bridgehead atoms. The minimum absolute atomic E-state index is 0.0101. The lowest BCUT2D eigenvalue weighted by molar-refractivity contribution is -0.119. The van der Waals surface area contributed by atoms with Gasteiger partial charge in [-0.05, 0) is 28.7 Å². The van der Waals surface area contributed by atoms with E-state index in [0.29, 0.717) is 17.2 Å². The van der Waals surface area contributed by atoms with Crippen LogP contribution >= 0.6 is 11.3 Å². The summed E-state index contributed by atoms with van der Waals surface area (Å²) in [7, 11) is 0. The van der Waals surface area contributed by atoms with Gasteiger partial charge in [0.05, 0.1) is 12.2 Å². The van der Waals surface area contributed by atoms with E-state index in [1.165, 1.54) is 18.3 Å². The van der Waals surface area contributed by atoms with Gasteiger partial charge in [0.25, 0.3) is 5.91 Å². The molecule has 7 nitrogen and oxygen atoms in total. The molecule has 3 aromatic rings. The molecule has 1 aromatic heterocycles. The van der Waals surface area contributed by atoms with Crippen LogP contribution in [0.15, 0.2) is 53.9 Å². The molecule has 3 rings (SSSR count). The Kier molecular flexibility index (Phi) is 7.60. The van der Waals surface area contributed by atoms with Gasteiger partial charge in [-0.25, -0.2) is 4.98 Å². The van der Waals surface area contributed by atoms with E-state index in [1.54, 1.807) is 12.1 Å². The van der Waals surface area contributed by atoms with E-state index in [-0.39, 0.29) is 29.7 Å². The van der Waals surface area contributed by atoms with E-state index in [9.17, 15) is 14.4 Å². The lowest BCUT2D eigenvalue weighted by Crippen LogP contribution is -2.32. The van der Waals surface area contributed by atoms with Crippen molar-refractivity contribution in [2.75, 3.05) is 11.9 Å². The molecule has 33 heavy (non-hydrogen) atoms. The third-order valence-corrected chi connectivity index (χ3v) is 5.72. The van der Waals surface area contributed by atoms with Gasteiger partial charge in [0.1, 0.15) is 0 Å². The van der Waals surface area contributed by atoms with Crippen molar-refractivity contribution in [1.29, 1.82) is 0 Å². The molecular formula is C25H28N4O3S. The van der Waals surface area contributed by atoms with E-state index < -0.39 is 0 Å². The van der Waals surface area contributed by atoms with Crippen molar-refractivity contribution in [2.45, 2.75) is 39.7 Å². The van der Waals surface area contributed by atoms with E-state index in [2.05, 4.69) is 41.7 Å². The molecule has 0 unspecified atom stereocenters. The molecule has 0 atom stereocenters. The first-order valence-electron chi connectivity index (χ1n) is 10.6. The van der Waals surface area contributed by atoms with Crippen LogP contribution < -0.4 is 16.0 Å². The maximum absolute atomic E-state index is 12.3. The fraction of sp³-hybridized carbons (Fsp3) is 0.280. The second kappa shape index (κ2) is 10.4. The molecule has 172 valence electrons. The molecule has 0 spiro atoms. The second-order valence-corrected chi connectivity index (χ2v) is 9.56. The summed E-state index contributed by atoms with van der Waals surface area (Å²) in [5.74, 6) is -0.723. The maximum atomic E-state index is 12.3. The van der Waals surface area contributed by atoms with Gasteiger partial charge >= 0.3 is 0 Å². The van der Waals surface area contributed by atoms with Gasteiger partial charge in [0.15, 0.2) is 5.13 Å². The highest BCUT2D eigenvalue weighted by Crippen LogP contribution is 2.25. The van der Waals surface area contributed by atoms with Crippen molar-refractivity contribution in [1.82, 2.24) is 15.6 Å². The summed E-state index contributed by atoms with van der Waals surface area (Å²) in [5, 5.41) is 10.4. The molecule has 3 N–H and O–H groups in total. The van der Waals surface area contributed by atoms with Gasteiger partial charge in [-0.1, -0.05) is 57.2 Å². The van der Waals surface area contributed by atoms with Gasteiger partial charge in [-0.3, -0.25) is 14.4 Å². The number of hydrogen-bond acceptors (Lipinski definition) is 5. The smallest absolute Gasteiger partial charge is 0.251 e. The van der Waals surface area contributed by atoms with Crippen molar-refractivity contribution in [3.8, 4) is 11.3 Å². The Balaban J connectivity index is 1.51. The number of amides is 3. The van der Waals surface area contributed by atoms with Crippen molar-refractivity contribution in [2.24, 2.45) is 0 Å². The molecule has 0 saturated carbocycles. The second-order valence-electron chi connectivity index (χ2n) is 8.70. The molecule has 1 heterocycles. The average Bonchev–Trinajstić information content (AvgIpc) is 3.24. The van der Waals surface area contributed by atoms with Crippen LogP contribution in [0.5, 0.6) is 0 Å². The molecule has 0 aliphatic heterocycles. The monoisotopic (exact) mass is 464 g/mol. The number of aromatic nitrogens is 1.